The summed E-state index contributed by atoms with van der Waals surface area (Å²) in [5.41, 5.74) is 0. The van der Waals surface area contributed by atoms with Crippen LogP contribution in [0.1, 0.15) is 12.8 Å². The second-order valence-corrected chi connectivity index (χ2v) is 6.08. The highest BCUT2D eigenvalue weighted by Crippen LogP contribution is 2.05. The Kier molecular flexibility index (Phi) is 9.34. The number of carboxylic acids is 1. The molecule has 1 rings (SSSR count). The summed E-state index contributed by atoms with van der Waals surface area (Å²) in [7, 11) is 0. The van der Waals surface area contributed by atoms with Crippen LogP contribution in [0.15, 0.2) is 0 Å². The molecule has 0 aromatic rings. The molecule has 0 bridgehead atoms. The Balaban J connectivity index is 2.63. The van der Waals surface area contributed by atoms with E-state index in [0.29, 0.717) is 13.0 Å². The fourth-order valence-electron chi connectivity index (χ4n) is 2.30. The average Bonchev–Trinajstić information content (AvgIpc) is 3.15. The molecule has 0 aliphatic carbocycles. The van der Waals surface area contributed by atoms with Gasteiger partial charge in [0.25, 0.3) is 0 Å². The van der Waals surface area contributed by atoms with Crippen LogP contribution in [0.25, 0.3) is 0 Å². The quantitative estimate of drug-likeness (QED) is 0.174. The lowest BCUT2D eigenvalue weighted by Gasteiger charge is -2.23. The average molecular weight is 392 g/mol. The van der Waals surface area contributed by atoms with Gasteiger partial charge in [-0.3, -0.25) is 14.4 Å². The first-order chi connectivity index (χ1) is 12.3. The van der Waals surface area contributed by atoms with Crippen LogP contribution in [-0.4, -0.2) is 88.7 Å². The van der Waals surface area contributed by atoms with Crippen LogP contribution in [0.3, 0.4) is 0 Å². The van der Waals surface area contributed by atoms with E-state index in [0.717, 1.165) is 6.42 Å². The van der Waals surface area contributed by atoms with Crippen molar-refractivity contribution in [3.63, 3.8) is 0 Å². The fraction of sp³-hybridized carbons (Fsp3) is 0.714. The molecule has 0 saturated carbocycles. The molecule has 1 fully saturated rings. The second kappa shape index (κ2) is 11.0. The Morgan fingerprint density at radius 1 is 1.00 bits per heavy atom. The first kappa shape index (κ1) is 22.2. The minimum absolute atomic E-state index is 0.0432. The number of hydrogen-bond acceptors (Lipinski definition) is 8. The van der Waals surface area contributed by atoms with Gasteiger partial charge in [0.05, 0.1) is 19.3 Å². The van der Waals surface area contributed by atoms with Crippen molar-refractivity contribution in [1.29, 1.82) is 0 Å². The molecule has 1 heterocycles. The van der Waals surface area contributed by atoms with Crippen LogP contribution < -0.4 is 21.3 Å². The van der Waals surface area contributed by atoms with E-state index in [2.05, 4.69) is 28.6 Å². The predicted molar refractivity (Wildman–Crippen MR) is 92.5 cm³/mol. The van der Waals surface area contributed by atoms with Gasteiger partial charge in [0.1, 0.15) is 18.1 Å². The number of aliphatic hydroxyl groups excluding tert-OH is 2. The molecular weight excluding hydrogens is 368 g/mol. The van der Waals surface area contributed by atoms with Gasteiger partial charge in [-0.05, 0) is 19.4 Å². The highest BCUT2D eigenvalue weighted by Gasteiger charge is 2.30. The maximum Gasteiger partial charge on any atom is 0.328 e. The zero-order valence-corrected chi connectivity index (χ0v) is 14.9. The number of nitrogens with one attached hydrogen (secondary N) is 4. The molecule has 4 unspecified atom stereocenters. The van der Waals surface area contributed by atoms with Gasteiger partial charge in [-0.2, -0.15) is 12.6 Å². The highest BCUT2D eigenvalue weighted by molar-refractivity contribution is 7.80. The molecule has 7 N–H and O–H groups in total. The van der Waals surface area contributed by atoms with Crippen molar-refractivity contribution in [3.8, 4) is 0 Å². The van der Waals surface area contributed by atoms with E-state index in [1.807, 2.05) is 5.32 Å². The van der Waals surface area contributed by atoms with E-state index in [1.165, 1.54) is 0 Å². The summed E-state index contributed by atoms with van der Waals surface area (Å²) in [4.78, 5) is 47.1. The molecule has 0 aromatic carbocycles. The minimum Gasteiger partial charge on any atom is -0.480 e. The maximum atomic E-state index is 12.2. The third-order valence-electron chi connectivity index (χ3n) is 3.81. The molecule has 26 heavy (non-hydrogen) atoms. The number of carboxylic acid groups (broad SMARTS) is 1. The van der Waals surface area contributed by atoms with Gasteiger partial charge in [-0.15, -0.1) is 0 Å². The molecular formula is C14H24N4O7S. The van der Waals surface area contributed by atoms with Gasteiger partial charge in [0.2, 0.25) is 17.7 Å². The number of rotatable bonds is 10. The Morgan fingerprint density at radius 3 is 2.04 bits per heavy atom. The van der Waals surface area contributed by atoms with E-state index in [9.17, 15) is 24.3 Å². The molecule has 4 atom stereocenters. The van der Waals surface area contributed by atoms with Crippen molar-refractivity contribution < 1.29 is 34.5 Å². The molecule has 148 valence electrons. The van der Waals surface area contributed by atoms with E-state index < -0.39 is 55.2 Å². The third kappa shape index (κ3) is 6.44. The maximum absolute atomic E-state index is 12.2. The van der Waals surface area contributed by atoms with Gasteiger partial charge in [-0.25, -0.2) is 4.79 Å². The van der Waals surface area contributed by atoms with Gasteiger partial charge in [0.15, 0.2) is 0 Å². The first-order valence-corrected chi connectivity index (χ1v) is 8.67. The van der Waals surface area contributed by atoms with Crippen molar-refractivity contribution >= 4 is 36.3 Å². The molecule has 0 radical (unpaired) electrons. The van der Waals surface area contributed by atoms with Crippen molar-refractivity contribution in [2.45, 2.75) is 37.0 Å². The molecule has 1 aliphatic rings. The van der Waals surface area contributed by atoms with E-state index in [1.54, 1.807) is 0 Å². The van der Waals surface area contributed by atoms with Crippen molar-refractivity contribution in [2.24, 2.45) is 0 Å². The van der Waals surface area contributed by atoms with Crippen LogP contribution in [0.2, 0.25) is 0 Å². The fourth-order valence-corrected chi connectivity index (χ4v) is 2.56. The van der Waals surface area contributed by atoms with Crippen LogP contribution in [-0.2, 0) is 19.2 Å². The SMILES string of the molecule is O=C(O)C(CO)NC(=O)C(CO)NC(=O)C(CS)NC(=O)C1CCCN1. The second-order valence-electron chi connectivity index (χ2n) is 5.72. The molecule has 0 aromatic heterocycles. The Labute approximate surface area is 155 Å². The van der Waals surface area contributed by atoms with Crippen molar-refractivity contribution in [3.05, 3.63) is 0 Å². The largest absolute Gasteiger partial charge is 0.480 e. The Morgan fingerprint density at radius 2 is 1.58 bits per heavy atom. The van der Waals surface area contributed by atoms with Gasteiger partial charge < -0.3 is 36.6 Å². The summed E-state index contributed by atoms with van der Waals surface area (Å²) >= 11 is 4.00. The summed E-state index contributed by atoms with van der Waals surface area (Å²) in [6.07, 6.45) is 1.49. The zero-order valence-electron chi connectivity index (χ0n) is 14.0. The van der Waals surface area contributed by atoms with E-state index >= 15 is 0 Å². The lowest BCUT2D eigenvalue weighted by molar-refractivity contribution is -0.143. The molecule has 12 heteroatoms. The normalized spacial score (nSPS) is 19.9. The summed E-state index contributed by atoms with van der Waals surface area (Å²) in [6, 6.07) is -4.45. The predicted octanol–water partition coefficient (Wildman–Crippen LogP) is -3.81. The summed E-state index contributed by atoms with van der Waals surface area (Å²) in [5, 5.41) is 36.7. The summed E-state index contributed by atoms with van der Waals surface area (Å²) < 4.78 is 0. The van der Waals surface area contributed by atoms with E-state index in [4.69, 9.17) is 10.2 Å². The van der Waals surface area contributed by atoms with Crippen LogP contribution in [0.4, 0.5) is 0 Å². The topological polar surface area (TPSA) is 177 Å². The van der Waals surface area contributed by atoms with Crippen LogP contribution in [0, 0.1) is 0 Å². The molecule has 0 spiro atoms. The molecule has 3 amide bonds. The molecule has 1 saturated heterocycles. The van der Waals surface area contributed by atoms with E-state index in [-0.39, 0.29) is 11.7 Å². The lowest BCUT2D eigenvalue weighted by Crippen LogP contribution is -2.58. The standard InChI is InChI=1S/C14H24N4O7S/c19-4-8(12(22)17-9(5-20)14(24)25)16-13(23)10(6-26)18-11(21)7-2-1-3-15-7/h7-10,15,19-20,26H,1-6H2,(H,16,23)(H,17,22)(H,18,21)(H,24,25). The highest BCUT2D eigenvalue weighted by atomic mass is 32.1. The van der Waals surface area contributed by atoms with Crippen LogP contribution in [0.5, 0.6) is 0 Å². The van der Waals surface area contributed by atoms with Gasteiger partial charge in [0, 0.05) is 5.75 Å². The lowest BCUT2D eigenvalue weighted by atomic mass is 10.2. The Hall–Kier alpha value is -1.89. The minimum atomic E-state index is -1.57. The Bertz CT molecular complexity index is 527. The molecule has 11 nitrogen and oxygen atoms in total. The molecule has 1 aliphatic heterocycles. The number of amides is 3. The summed E-state index contributed by atoms with van der Waals surface area (Å²) in [6.45, 7) is -0.943. The zero-order chi connectivity index (χ0) is 19.7. The number of carbonyl (C=O) groups excluding carboxylic acids is 3. The van der Waals surface area contributed by atoms with Crippen molar-refractivity contribution in [1.82, 2.24) is 21.3 Å². The number of aliphatic hydroxyl groups is 2. The first-order valence-electron chi connectivity index (χ1n) is 8.03. The number of carbonyl (C=O) groups is 4. The number of thiol groups is 1. The third-order valence-corrected chi connectivity index (χ3v) is 4.17. The monoisotopic (exact) mass is 392 g/mol. The smallest absolute Gasteiger partial charge is 0.328 e. The number of aliphatic carboxylic acids is 1. The van der Waals surface area contributed by atoms with Crippen LogP contribution >= 0.6 is 12.6 Å². The number of hydrogen-bond donors (Lipinski definition) is 8. The summed E-state index contributed by atoms with van der Waals surface area (Å²) in [5.74, 6) is -3.61. The van der Waals surface area contributed by atoms with Crippen molar-refractivity contribution in [2.75, 3.05) is 25.5 Å². The van der Waals surface area contributed by atoms with Gasteiger partial charge in [-0.1, -0.05) is 0 Å². The van der Waals surface area contributed by atoms with Gasteiger partial charge >= 0.3 is 5.97 Å².